The number of rotatable bonds is 4. The number of amides is 1. The van der Waals surface area contributed by atoms with Crippen LogP contribution < -0.4 is 10.1 Å². The third-order valence-electron chi connectivity index (χ3n) is 5.85. The van der Waals surface area contributed by atoms with Crippen LogP contribution in [0.4, 0.5) is 0 Å². The molecule has 1 amide bonds. The molecule has 0 aromatic heterocycles. The first kappa shape index (κ1) is 18.5. The number of nitrogens with one attached hydrogen (secondary N) is 1. The summed E-state index contributed by atoms with van der Waals surface area (Å²) in [7, 11) is 2.97. The highest BCUT2D eigenvalue weighted by molar-refractivity contribution is 6.05. The molecule has 2 saturated heterocycles. The number of esters is 1. The van der Waals surface area contributed by atoms with Crippen molar-refractivity contribution < 1.29 is 19.1 Å². The minimum absolute atomic E-state index is 0.0379. The van der Waals surface area contributed by atoms with Crippen molar-refractivity contribution in [3.63, 3.8) is 0 Å². The van der Waals surface area contributed by atoms with Gasteiger partial charge in [0, 0.05) is 25.6 Å². The normalized spacial score (nSPS) is 23.4. The molecular weight excluding hydrogens is 356 g/mol. The monoisotopic (exact) mass is 380 g/mol. The molecule has 0 aliphatic carbocycles. The lowest BCUT2D eigenvalue weighted by Gasteiger charge is -2.29. The molecule has 0 radical (unpaired) electrons. The van der Waals surface area contributed by atoms with Gasteiger partial charge in [-0.05, 0) is 35.7 Å². The lowest BCUT2D eigenvalue weighted by molar-refractivity contribution is 0.0586. The first-order chi connectivity index (χ1) is 13.6. The van der Waals surface area contributed by atoms with Gasteiger partial charge in [-0.2, -0.15) is 0 Å². The maximum absolute atomic E-state index is 13.5. The molecule has 0 saturated carbocycles. The van der Waals surface area contributed by atoms with Crippen LogP contribution in [0.15, 0.2) is 48.5 Å². The van der Waals surface area contributed by atoms with Gasteiger partial charge in [0.05, 0.1) is 31.4 Å². The average Bonchev–Trinajstić information content (AvgIpc) is 3.34. The van der Waals surface area contributed by atoms with Gasteiger partial charge in [-0.25, -0.2) is 4.79 Å². The summed E-state index contributed by atoms with van der Waals surface area (Å²) in [6.07, 6.45) is 0. The Hall–Kier alpha value is -2.86. The van der Waals surface area contributed by atoms with E-state index in [0.29, 0.717) is 29.5 Å². The van der Waals surface area contributed by atoms with Gasteiger partial charge in [-0.1, -0.05) is 24.3 Å². The van der Waals surface area contributed by atoms with E-state index >= 15 is 0 Å². The Bertz CT molecular complexity index is 880. The Morgan fingerprint density at radius 2 is 1.71 bits per heavy atom. The Labute approximate surface area is 164 Å². The van der Waals surface area contributed by atoms with Crippen LogP contribution in [-0.4, -0.2) is 50.6 Å². The largest absolute Gasteiger partial charge is 0.497 e. The minimum Gasteiger partial charge on any atom is -0.497 e. The van der Waals surface area contributed by atoms with Crippen molar-refractivity contribution in [1.29, 1.82) is 0 Å². The highest BCUT2D eigenvalue weighted by Crippen LogP contribution is 2.43. The van der Waals surface area contributed by atoms with Crippen molar-refractivity contribution in [3.05, 3.63) is 65.2 Å². The first-order valence-corrected chi connectivity index (χ1v) is 9.47. The quantitative estimate of drug-likeness (QED) is 0.826. The third-order valence-corrected chi connectivity index (χ3v) is 5.85. The van der Waals surface area contributed by atoms with E-state index in [1.165, 1.54) is 7.11 Å². The van der Waals surface area contributed by atoms with Gasteiger partial charge < -0.3 is 19.7 Å². The van der Waals surface area contributed by atoms with Gasteiger partial charge in [0.1, 0.15) is 5.75 Å². The van der Waals surface area contributed by atoms with Crippen LogP contribution in [-0.2, 0) is 4.74 Å². The maximum Gasteiger partial charge on any atom is 0.338 e. The number of fused-ring (bicyclic) bond motifs is 1. The van der Waals surface area contributed by atoms with Crippen LogP contribution in [0, 0.1) is 11.8 Å². The van der Waals surface area contributed by atoms with Crippen molar-refractivity contribution in [2.75, 3.05) is 33.9 Å². The molecule has 2 heterocycles. The predicted octanol–water partition coefficient (Wildman–Crippen LogP) is 2.51. The second kappa shape index (κ2) is 7.64. The van der Waals surface area contributed by atoms with E-state index in [-0.39, 0.29) is 11.9 Å². The average molecular weight is 380 g/mol. The summed E-state index contributed by atoms with van der Waals surface area (Å²) < 4.78 is 10.1. The summed E-state index contributed by atoms with van der Waals surface area (Å²) in [5.74, 6) is 0.919. The van der Waals surface area contributed by atoms with Crippen LogP contribution in [0.5, 0.6) is 5.75 Å². The lowest BCUT2D eigenvalue weighted by atomic mass is 9.89. The SMILES string of the molecule is COC(=O)c1ccccc1C(=O)N1C[C@@H]2CNC[C@@H]2[C@H]1c1ccc(OC)cc1. The Kier molecular flexibility index (Phi) is 5.05. The Morgan fingerprint density at radius 1 is 1.00 bits per heavy atom. The zero-order chi connectivity index (χ0) is 19.7. The smallest absolute Gasteiger partial charge is 0.338 e. The summed E-state index contributed by atoms with van der Waals surface area (Å²) in [5.41, 5.74) is 1.78. The number of likely N-dealkylation sites (tertiary alicyclic amines) is 1. The molecule has 0 spiro atoms. The summed E-state index contributed by atoms with van der Waals surface area (Å²) in [4.78, 5) is 27.6. The zero-order valence-electron chi connectivity index (χ0n) is 16.1. The standard InChI is InChI=1S/C22H24N2O4/c1-27-16-9-7-14(8-10-16)20-19-12-23-11-15(19)13-24(20)21(25)17-5-3-4-6-18(17)22(26)28-2/h3-10,15,19-20,23H,11-13H2,1-2H3/t15-,19-,20+/m0/s1. The minimum atomic E-state index is -0.494. The maximum atomic E-state index is 13.5. The van der Waals surface area contributed by atoms with E-state index in [1.807, 2.05) is 29.2 Å². The summed E-state index contributed by atoms with van der Waals surface area (Å²) >= 11 is 0. The van der Waals surface area contributed by atoms with Crippen molar-refractivity contribution in [1.82, 2.24) is 10.2 Å². The van der Waals surface area contributed by atoms with Gasteiger partial charge >= 0.3 is 5.97 Å². The molecular formula is C22H24N2O4. The highest BCUT2D eigenvalue weighted by atomic mass is 16.5. The van der Waals surface area contributed by atoms with Crippen LogP contribution >= 0.6 is 0 Å². The molecule has 28 heavy (non-hydrogen) atoms. The number of methoxy groups -OCH3 is 2. The van der Waals surface area contributed by atoms with Gasteiger partial charge in [-0.15, -0.1) is 0 Å². The number of nitrogens with zero attached hydrogens (tertiary/aromatic N) is 1. The molecule has 2 fully saturated rings. The van der Waals surface area contributed by atoms with Crippen molar-refractivity contribution in [2.45, 2.75) is 6.04 Å². The van der Waals surface area contributed by atoms with Gasteiger partial charge in [0.15, 0.2) is 0 Å². The van der Waals surface area contributed by atoms with Crippen LogP contribution in [0.1, 0.15) is 32.3 Å². The van der Waals surface area contributed by atoms with Crippen molar-refractivity contribution in [2.24, 2.45) is 11.8 Å². The molecule has 2 aliphatic heterocycles. The summed E-state index contributed by atoms with van der Waals surface area (Å²) in [5, 5.41) is 3.45. The second-order valence-electron chi connectivity index (χ2n) is 7.29. The van der Waals surface area contributed by atoms with E-state index in [1.54, 1.807) is 31.4 Å². The molecule has 0 unspecified atom stereocenters. The topological polar surface area (TPSA) is 67.9 Å². The molecule has 3 atom stereocenters. The predicted molar refractivity (Wildman–Crippen MR) is 104 cm³/mol. The number of hydrogen-bond acceptors (Lipinski definition) is 5. The van der Waals surface area contributed by atoms with Crippen LogP contribution in [0.25, 0.3) is 0 Å². The van der Waals surface area contributed by atoms with E-state index in [4.69, 9.17) is 9.47 Å². The van der Waals surface area contributed by atoms with Crippen molar-refractivity contribution >= 4 is 11.9 Å². The number of ether oxygens (including phenoxy) is 2. The van der Waals surface area contributed by atoms with E-state index in [0.717, 1.165) is 24.4 Å². The first-order valence-electron chi connectivity index (χ1n) is 9.47. The Balaban J connectivity index is 1.71. The van der Waals surface area contributed by atoms with Gasteiger partial charge in [-0.3, -0.25) is 4.79 Å². The molecule has 6 nitrogen and oxygen atoms in total. The van der Waals surface area contributed by atoms with Crippen LogP contribution in [0.2, 0.25) is 0 Å². The molecule has 1 N–H and O–H groups in total. The fourth-order valence-electron chi connectivity index (χ4n) is 4.47. The number of hydrogen-bond donors (Lipinski definition) is 1. The fourth-order valence-corrected chi connectivity index (χ4v) is 4.47. The molecule has 2 aliphatic rings. The molecule has 0 bridgehead atoms. The van der Waals surface area contributed by atoms with E-state index < -0.39 is 5.97 Å². The zero-order valence-corrected chi connectivity index (χ0v) is 16.1. The molecule has 2 aromatic carbocycles. The molecule has 2 aromatic rings. The molecule has 4 rings (SSSR count). The lowest BCUT2D eigenvalue weighted by Crippen LogP contribution is -2.35. The van der Waals surface area contributed by atoms with Gasteiger partial charge in [0.25, 0.3) is 5.91 Å². The number of benzene rings is 2. The fraction of sp³-hybridized carbons (Fsp3) is 0.364. The number of carbonyl (C=O) groups is 2. The summed E-state index contributed by atoms with van der Waals surface area (Å²) in [6, 6.07) is 14.7. The highest BCUT2D eigenvalue weighted by Gasteiger charge is 2.47. The summed E-state index contributed by atoms with van der Waals surface area (Å²) in [6.45, 7) is 2.45. The van der Waals surface area contributed by atoms with Crippen molar-refractivity contribution in [3.8, 4) is 5.75 Å². The number of carbonyl (C=O) groups excluding carboxylic acids is 2. The third kappa shape index (κ3) is 3.14. The molecule has 146 valence electrons. The van der Waals surface area contributed by atoms with Crippen LogP contribution in [0.3, 0.4) is 0 Å². The molecule has 6 heteroatoms. The van der Waals surface area contributed by atoms with E-state index in [9.17, 15) is 9.59 Å². The van der Waals surface area contributed by atoms with E-state index in [2.05, 4.69) is 5.32 Å². The second-order valence-corrected chi connectivity index (χ2v) is 7.29. The van der Waals surface area contributed by atoms with Gasteiger partial charge in [0.2, 0.25) is 0 Å². The Morgan fingerprint density at radius 3 is 2.39 bits per heavy atom.